The van der Waals surface area contributed by atoms with Gasteiger partial charge in [-0.25, -0.2) is 0 Å². The Morgan fingerprint density at radius 2 is 0.888 bits per heavy atom. The van der Waals surface area contributed by atoms with Crippen molar-refractivity contribution >= 4 is 143 Å². The first kappa shape index (κ1) is 88.8. The summed E-state index contributed by atoms with van der Waals surface area (Å²) in [5, 5.41) is 9.82. The van der Waals surface area contributed by atoms with Crippen molar-refractivity contribution in [1.29, 1.82) is 0 Å². The van der Waals surface area contributed by atoms with E-state index in [2.05, 4.69) is 31.8 Å². The zero-order valence-electron chi connectivity index (χ0n) is 60.1. The number of nitrogens with zero attached hydrogens (tertiary/aromatic N) is 7. The van der Waals surface area contributed by atoms with Gasteiger partial charge < -0.3 is 50.2 Å². The van der Waals surface area contributed by atoms with Crippen LogP contribution in [0.3, 0.4) is 0 Å². The van der Waals surface area contributed by atoms with Crippen LogP contribution in [0.2, 0.25) is 20.1 Å². The largest absolute Gasteiger partial charge is 0.397 e. The molecule has 2 atom stereocenters. The molecular weight excluding hydrogens is 1540 g/mol. The molecule has 7 amide bonds. The summed E-state index contributed by atoms with van der Waals surface area (Å²) in [6.45, 7) is 7.26. The average molecular weight is 1630 g/mol. The van der Waals surface area contributed by atoms with Gasteiger partial charge in [-0.3, -0.25) is 38.4 Å². The number of likely N-dealkylation sites (tertiary alicyclic amines) is 2. The lowest BCUT2D eigenvalue weighted by Crippen LogP contribution is -2.59. The number of likely N-dealkylation sites (N-methyl/N-ethyl adjacent to an activating group) is 6. The molecule has 0 aliphatic carbocycles. The molecule has 2 fully saturated rings. The number of amides is 7. The van der Waals surface area contributed by atoms with Gasteiger partial charge in [0.15, 0.2) is 0 Å². The van der Waals surface area contributed by atoms with Crippen LogP contribution in [0.25, 0.3) is 0 Å². The fourth-order valence-corrected chi connectivity index (χ4v) is 15.2. The van der Waals surface area contributed by atoms with Crippen molar-refractivity contribution in [2.75, 3.05) is 103 Å². The summed E-state index contributed by atoms with van der Waals surface area (Å²) in [6.07, 6.45) is -8.55. The van der Waals surface area contributed by atoms with Crippen molar-refractivity contribution in [2.45, 2.75) is 113 Å². The molecule has 2 saturated heterocycles. The molecule has 0 saturated carbocycles. The van der Waals surface area contributed by atoms with Crippen LogP contribution in [-0.4, -0.2) is 177 Å². The van der Waals surface area contributed by atoms with Crippen LogP contribution >= 0.6 is 85.0 Å². The van der Waals surface area contributed by atoms with Crippen molar-refractivity contribution < 1.29 is 64.7 Å². The van der Waals surface area contributed by atoms with Crippen molar-refractivity contribution in [3.05, 3.63) is 199 Å². The lowest BCUT2D eigenvalue weighted by molar-refractivity contribution is -0.163. The van der Waals surface area contributed by atoms with E-state index in [0.29, 0.717) is 91.8 Å². The Morgan fingerprint density at radius 3 is 1.29 bits per heavy atom. The van der Waals surface area contributed by atoms with Gasteiger partial charge in [0.05, 0.1) is 55.1 Å². The highest BCUT2D eigenvalue weighted by molar-refractivity contribution is 7.59. The Morgan fingerprint density at radius 1 is 0.505 bits per heavy atom. The molecule has 6 aromatic rings. The quantitative estimate of drug-likeness (QED) is 0.0352. The van der Waals surface area contributed by atoms with E-state index in [9.17, 15) is 64.7 Å². The fraction of sp³-hybridized carbons (Fsp3) is 0.421. The summed E-state index contributed by atoms with van der Waals surface area (Å²) < 4.78 is 79.1. The van der Waals surface area contributed by atoms with Gasteiger partial charge in [-0.1, -0.05) is 143 Å². The smallest absolute Gasteiger partial charge is 0.346 e. The average Bonchev–Trinajstić information content (AvgIpc) is 0.767. The highest BCUT2D eigenvalue weighted by Crippen LogP contribution is 2.43. The normalized spacial score (nSPS) is 16.2. The van der Waals surface area contributed by atoms with E-state index in [4.69, 9.17) is 58.0 Å². The number of anilines is 2. The third kappa shape index (κ3) is 22.3. The highest BCUT2D eigenvalue weighted by atomic mass is 35.5. The molecule has 10 rings (SSSR count). The second-order valence-corrected chi connectivity index (χ2v) is 28.7. The minimum absolute atomic E-state index is 0. The van der Waals surface area contributed by atoms with Crippen LogP contribution in [0.15, 0.2) is 146 Å². The second-order valence-electron chi connectivity index (χ2n) is 26.7. The summed E-state index contributed by atoms with van der Waals surface area (Å²) in [5.74, 6) is -4.69. The van der Waals surface area contributed by atoms with Crippen LogP contribution < -0.4 is 25.8 Å². The number of hydrogen-bond acceptors (Lipinski definition) is 11. The molecule has 4 heterocycles. The molecule has 107 heavy (non-hydrogen) atoms. The fourth-order valence-electron chi connectivity index (χ4n) is 14.5. The van der Waals surface area contributed by atoms with Crippen LogP contribution in [0, 0.1) is 0 Å². The van der Waals surface area contributed by atoms with E-state index < -0.39 is 82.1 Å². The molecule has 6 aromatic carbocycles. The lowest BCUT2D eigenvalue weighted by atomic mass is 9.75. The van der Waals surface area contributed by atoms with E-state index >= 15 is 0 Å². The van der Waals surface area contributed by atoms with Crippen molar-refractivity contribution in [3.8, 4) is 0 Å². The van der Waals surface area contributed by atoms with Crippen LogP contribution in [0.4, 0.5) is 37.7 Å². The zero-order chi connectivity index (χ0) is 76.8. The third-order valence-corrected chi connectivity index (χ3v) is 21.8. The minimum Gasteiger partial charge on any atom is -0.346 e. The first-order valence-electron chi connectivity index (χ1n) is 34.3. The minimum atomic E-state index is -4.76. The second kappa shape index (κ2) is 38.5. The number of nitrogens with one attached hydrogen (secondary N) is 3. The van der Waals surface area contributed by atoms with Gasteiger partial charge in [0.1, 0.15) is 12.8 Å². The standard InChI is InChI=1S/C38H42Cl2F3N5O4.C28H33Cl2F3N4O2.C10H10ClNO2.2H2S/c1-4-48(28-11-6-5-7-12-28)35(52)34(51)46(3)37(27-14-15-30(39)31(40)23-27,25-45(2)33(50)24-38(41,42)43)18-21-47-19-16-36(17-20-47)29-13-9-8-10-26(29)22-32(49)44-36;1-34-27(20-7-8-22(29)23(30)16-20,18-36(2)25(39)17-28(31,32)33)11-14-37-12-9-26(10-13-37)21-6-4-3-5-19(21)15-24(38)35-26;1-2-12(10(14)9(11)13)8-6-4-3-5-7-8;;/h5-15,23H,4,16-22,24-25H2,1-3H3,(H,44,49);3-8,16,34H,9-15,17-18H2,1-2H3,(H,35,38);3-7H,2H2,1H3;2*1H2/t37-;27-;;;/m11.../s1. The SMILES string of the molecule is CCN(C(=O)C(=O)Cl)c1ccccc1.CCN(C(=O)C(=O)N(C)[C@](CCN1CCC2(CC1)NC(=O)Cc1ccccc12)(CN(C)C(=O)CC(F)(F)F)c1ccc(Cl)c(Cl)c1)c1ccccc1.CN[C@](CCN1CCC2(CC1)NC(=O)Cc1ccccc12)(CN(C)C(=O)CC(F)(F)F)c1ccc(Cl)c(Cl)c1.S.S. The summed E-state index contributed by atoms with van der Waals surface area (Å²) in [5.41, 5.74) is 3.28. The molecular formula is C76H89Cl5F6N10O8S2. The number of piperidine rings is 2. The van der Waals surface area contributed by atoms with E-state index in [1.54, 1.807) is 99.8 Å². The van der Waals surface area contributed by atoms with Crippen molar-refractivity contribution in [2.24, 2.45) is 0 Å². The molecule has 4 aliphatic rings. The number of rotatable bonds is 21. The van der Waals surface area contributed by atoms with Gasteiger partial charge in [0, 0.05) is 98.0 Å². The molecule has 31 heteroatoms. The Bertz CT molecular complexity index is 4110. The van der Waals surface area contributed by atoms with E-state index in [-0.39, 0.29) is 74.9 Å². The molecule has 3 N–H and O–H groups in total. The van der Waals surface area contributed by atoms with Gasteiger partial charge in [-0.2, -0.15) is 53.3 Å². The number of carbonyl (C=O) groups excluding carboxylic acids is 8. The number of para-hydroxylation sites is 2. The predicted molar refractivity (Wildman–Crippen MR) is 416 cm³/mol. The van der Waals surface area contributed by atoms with Crippen LogP contribution in [0.5, 0.6) is 0 Å². The third-order valence-electron chi connectivity index (χ3n) is 20.2. The van der Waals surface area contributed by atoms with Crippen molar-refractivity contribution in [3.63, 3.8) is 0 Å². The molecule has 4 aliphatic heterocycles. The van der Waals surface area contributed by atoms with Crippen molar-refractivity contribution in [1.82, 2.24) is 40.4 Å². The molecule has 0 bridgehead atoms. The van der Waals surface area contributed by atoms with Gasteiger partial charge >= 0.3 is 35.3 Å². The Balaban J connectivity index is 0.000000286. The summed E-state index contributed by atoms with van der Waals surface area (Å²) in [4.78, 5) is 111. The Hall–Kier alpha value is -7.11. The Kier molecular flexibility index (Phi) is 31.9. The molecule has 580 valence electrons. The number of halogens is 11. The number of hydrogen-bond donors (Lipinski definition) is 3. The molecule has 18 nitrogen and oxygen atoms in total. The summed E-state index contributed by atoms with van der Waals surface area (Å²) >= 11 is 30.4. The van der Waals surface area contributed by atoms with Gasteiger partial charge in [0.25, 0.3) is 0 Å². The number of fused-ring (bicyclic) bond motifs is 4. The Labute approximate surface area is 658 Å². The van der Waals surface area contributed by atoms with Gasteiger partial charge in [-0.05, 0) is 153 Å². The first-order chi connectivity index (χ1) is 49.6. The van der Waals surface area contributed by atoms with E-state index in [0.717, 1.165) is 58.0 Å². The topological polar surface area (TPSA) is 195 Å². The molecule has 2 spiro atoms. The van der Waals surface area contributed by atoms with Crippen LogP contribution in [0.1, 0.15) is 98.6 Å². The van der Waals surface area contributed by atoms with Gasteiger partial charge in [-0.15, -0.1) is 0 Å². The predicted octanol–water partition coefficient (Wildman–Crippen LogP) is 13.1. The monoisotopic (exact) mass is 1620 g/mol. The zero-order valence-corrected chi connectivity index (χ0v) is 65.8. The maximum Gasteiger partial charge on any atom is 0.397 e. The maximum absolute atomic E-state index is 14.3. The highest BCUT2D eigenvalue weighted by Gasteiger charge is 2.48. The number of benzene rings is 6. The van der Waals surface area contributed by atoms with Gasteiger partial charge in [0.2, 0.25) is 23.6 Å². The first-order valence-corrected chi connectivity index (χ1v) is 36.2. The number of carbonyl (C=O) groups is 8. The van der Waals surface area contributed by atoms with Crippen LogP contribution in [-0.2, 0) is 73.4 Å². The molecule has 0 unspecified atom stereocenters. The maximum atomic E-state index is 14.3. The summed E-state index contributed by atoms with van der Waals surface area (Å²) in [6, 6.07) is 43.3. The summed E-state index contributed by atoms with van der Waals surface area (Å²) in [7, 11) is 5.77. The molecule has 0 radical (unpaired) electrons. The van der Waals surface area contributed by atoms with E-state index in [1.165, 1.54) is 53.5 Å². The number of alkyl halides is 6. The van der Waals surface area contributed by atoms with E-state index in [1.807, 2.05) is 48.5 Å². The lowest BCUT2D eigenvalue weighted by Gasteiger charge is -2.48. The molecule has 0 aromatic heterocycles.